The first kappa shape index (κ1) is 14.1. The molecule has 1 aromatic heterocycles. The van der Waals surface area contributed by atoms with Crippen molar-refractivity contribution in [2.24, 2.45) is 0 Å². The number of nitrogens with one attached hydrogen (secondary N) is 1. The zero-order valence-corrected chi connectivity index (χ0v) is 12.3. The summed E-state index contributed by atoms with van der Waals surface area (Å²) < 4.78 is 19.7. The predicted molar refractivity (Wildman–Crippen MR) is 81.7 cm³/mol. The molecule has 0 bridgehead atoms. The quantitative estimate of drug-likeness (QED) is 0.842. The van der Waals surface area contributed by atoms with Crippen molar-refractivity contribution in [3.05, 3.63) is 53.7 Å². The Labute approximate surface area is 124 Å². The van der Waals surface area contributed by atoms with Crippen LogP contribution < -0.4 is 10.2 Å². The van der Waals surface area contributed by atoms with Crippen molar-refractivity contribution in [2.75, 3.05) is 11.4 Å². The van der Waals surface area contributed by atoms with Gasteiger partial charge < -0.3 is 14.6 Å². The first-order chi connectivity index (χ1) is 10.3. The third kappa shape index (κ3) is 3.64. The third-order valence-electron chi connectivity index (χ3n) is 3.83. The average molecular weight is 288 g/mol. The van der Waals surface area contributed by atoms with Crippen LogP contribution in [0, 0.1) is 5.82 Å². The van der Waals surface area contributed by atoms with Crippen molar-refractivity contribution in [1.82, 2.24) is 5.32 Å². The molecular formula is C17H21FN2O. The molecule has 1 saturated carbocycles. The molecule has 2 aromatic rings. The van der Waals surface area contributed by atoms with Crippen LogP contribution in [-0.2, 0) is 13.1 Å². The topological polar surface area (TPSA) is 28.4 Å². The molecule has 0 spiro atoms. The molecule has 0 radical (unpaired) electrons. The molecule has 1 aliphatic carbocycles. The SMILES string of the molecule is CCN(Cc1ccco1)c1ccc(CNC2CC2)cc1F. The van der Waals surface area contributed by atoms with Gasteiger partial charge in [0.05, 0.1) is 18.5 Å². The lowest BCUT2D eigenvalue weighted by Crippen LogP contribution is -2.23. The predicted octanol–water partition coefficient (Wildman–Crippen LogP) is 3.70. The maximum absolute atomic E-state index is 14.4. The van der Waals surface area contributed by atoms with E-state index in [0.717, 1.165) is 24.4 Å². The maximum atomic E-state index is 14.4. The van der Waals surface area contributed by atoms with E-state index in [1.165, 1.54) is 12.8 Å². The lowest BCUT2D eigenvalue weighted by atomic mass is 10.1. The fourth-order valence-electron chi connectivity index (χ4n) is 2.42. The van der Waals surface area contributed by atoms with Gasteiger partial charge in [-0.2, -0.15) is 0 Å². The fourth-order valence-corrected chi connectivity index (χ4v) is 2.42. The highest BCUT2D eigenvalue weighted by Crippen LogP contribution is 2.24. The van der Waals surface area contributed by atoms with Gasteiger partial charge in [-0.05, 0) is 49.6 Å². The Morgan fingerprint density at radius 3 is 2.81 bits per heavy atom. The highest BCUT2D eigenvalue weighted by atomic mass is 19.1. The van der Waals surface area contributed by atoms with Gasteiger partial charge in [0.1, 0.15) is 11.6 Å². The van der Waals surface area contributed by atoms with Crippen molar-refractivity contribution in [1.29, 1.82) is 0 Å². The Balaban J connectivity index is 1.70. The second-order valence-electron chi connectivity index (χ2n) is 5.53. The minimum atomic E-state index is -0.168. The van der Waals surface area contributed by atoms with Crippen LogP contribution in [0.4, 0.5) is 10.1 Å². The van der Waals surface area contributed by atoms with Gasteiger partial charge in [-0.25, -0.2) is 4.39 Å². The van der Waals surface area contributed by atoms with Gasteiger partial charge in [-0.3, -0.25) is 0 Å². The zero-order valence-electron chi connectivity index (χ0n) is 12.3. The maximum Gasteiger partial charge on any atom is 0.146 e. The largest absolute Gasteiger partial charge is 0.467 e. The number of nitrogens with zero attached hydrogens (tertiary/aromatic N) is 1. The molecule has 0 amide bonds. The van der Waals surface area contributed by atoms with Crippen LogP contribution >= 0.6 is 0 Å². The molecule has 112 valence electrons. The molecule has 0 saturated heterocycles. The molecule has 1 aromatic carbocycles. The summed E-state index contributed by atoms with van der Waals surface area (Å²) in [6.45, 7) is 4.08. The van der Waals surface area contributed by atoms with E-state index in [1.807, 2.05) is 36.1 Å². The summed E-state index contributed by atoms with van der Waals surface area (Å²) in [6.07, 6.45) is 4.13. The molecule has 3 nitrogen and oxygen atoms in total. The molecule has 0 atom stereocenters. The standard InChI is InChI=1S/C17H21FN2O/c1-2-20(12-15-4-3-9-21-15)17-8-5-13(10-16(17)18)11-19-14-6-7-14/h3-5,8-10,14,19H,2,6-7,11-12H2,1H3. The van der Waals surface area contributed by atoms with E-state index in [0.29, 0.717) is 18.3 Å². The van der Waals surface area contributed by atoms with Crippen molar-refractivity contribution in [2.45, 2.75) is 38.9 Å². The summed E-state index contributed by atoms with van der Waals surface area (Å²) in [4.78, 5) is 1.98. The van der Waals surface area contributed by atoms with Crippen LogP contribution in [0.15, 0.2) is 41.0 Å². The summed E-state index contributed by atoms with van der Waals surface area (Å²) in [7, 11) is 0. The van der Waals surface area contributed by atoms with Gasteiger partial charge >= 0.3 is 0 Å². The highest BCUT2D eigenvalue weighted by molar-refractivity contribution is 5.49. The summed E-state index contributed by atoms with van der Waals surface area (Å²) in [5, 5.41) is 3.40. The molecule has 1 aliphatic rings. The number of halogens is 1. The Bertz CT molecular complexity index is 578. The normalized spacial score (nSPS) is 14.4. The Hall–Kier alpha value is -1.81. The minimum absolute atomic E-state index is 0.168. The lowest BCUT2D eigenvalue weighted by Gasteiger charge is -2.23. The van der Waals surface area contributed by atoms with E-state index in [-0.39, 0.29) is 5.82 Å². The molecular weight excluding hydrogens is 267 g/mol. The third-order valence-corrected chi connectivity index (χ3v) is 3.83. The van der Waals surface area contributed by atoms with Crippen LogP contribution in [0.25, 0.3) is 0 Å². The van der Waals surface area contributed by atoms with Gasteiger partial charge in [-0.15, -0.1) is 0 Å². The van der Waals surface area contributed by atoms with Gasteiger partial charge in [0.15, 0.2) is 0 Å². The van der Waals surface area contributed by atoms with Gasteiger partial charge in [0, 0.05) is 19.1 Å². The first-order valence-corrected chi connectivity index (χ1v) is 7.55. The number of furan rings is 1. The molecule has 4 heteroatoms. The van der Waals surface area contributed by atoms with Crippen LogP contribution in [0.2, 0.25) is 0 Å². The Kier molecular flexibility index (Phi) is 4.25. The minimum Gasteiger partial charge on any atom is -0.467 e. The first-order valence-electron chi connectivity index (χ1n) is 7.55. The van der Waals surface area contributed by atoms with E-state index in [1.54, 1.807) is 12.3 Å². The Morgan fingerprint density at radius 2 is 2.19 bits per heavy atom. The van der Waals surface area contributed by atoms with Crippen molar-refractivity contribution in [3.63, 3.8) is 0 Å². The molecule has 21 heavy (non-hydrogen) atoms. The van der Waals surface area contributed by atoms with Gasteiger partial charge in [0.25, 0.3) is 0 Å². The molecule has 1 fully saturated rings. The second-order valence-corrected chi connectivity index (χ2v) is 5.53. The molecule has 1 N–H and O–H groups in total. The van der Waals surface area contributed by atoms with Crippen LogP contribution in [0.5, 0.6) is 0 Å². The fraction of sp³-hybridized carbons (Fsp3) is 0.412. The van der Waals surface area contributed by atoms with Crippen molar-refractivity contribution < 1.29 is 8.81 Å². The summed E-state index contributed by atoms with van der Waals surface area (Å²) >= 11 is 0. The molecule has 0 unspecified atom stereocenters. The number of hydrogen-bond acceptors (Lipinski definition) is 3. The summed E-state index contributed by atoms with van der Waals surface area (Å²) in [5.41, 5.74) is 1.63. The van der Waals surface area contributed by atoms with E-state index < -0.39 is 0 Å². The van der Waals surface area contributed by atoms with Crippen molar-refractivity contribution >= 4 is 5.69 Å². The Morgan fingerprint density at radius 1 is 1.33 bits per heavy atom. The summed E-state index contributed by atoms with van der Waals surface area (Å²) in [5.74, 6) is 0.675. The van der Waals surface area contributed by atoms with Crippen molar-refractivity contribution in [3.8, 4) is 0 Å². The highest BCUT2D eigenvalue weighted by Gasteiger charge is 2.20. The number of benzene rings is 1. The molecule has 0 aliphatic heterocycles. The van der Waals surface area contributed by atoms with Crippen LogP contribution in [0.3, 0.4) is 0 Å². The number of anilines is 1. The van der Waals surface area contributed by atoms with Gasteiger partial charge in [-0.1, -0.05) is 6.07 Å². The number of rotatable bonds is 7. The van der Waals surface area contributed by atoms with E-state index >= 15 is 0 Å². The lowest BCUT2D eigenvalue weighted by molar-refractivity contribution is 0.501. The number of hydrogen-bond donors (Lipinski definition) is 1. The van der Waals surface area contributed by atoms with E-state index in [2.05, 4.69) is 5.32 Å². The zero-order chi connectivity index (χ0) is 14.7. The molecule has 3 rings (SSSR count). The van der Waals surface area contributed by atoms with E-state index in [9.17, 15) is 4.39 Å². The van der Waals surface area contributed by atoms with E-state index in [4.69, 9.17) is 4.42 Å². The average Bonchev–Trinajstić information content (AvgIpc) is 3.18. The van der Waals surface area contributed by atoms with Crippen LogP contribution in [0.1, 0.15) is 31.1 Å². The van der Waals surface area contributed by atoms with Gasteiger partial charge in [0.2, 0.25) is 0 Å². The monoisotopic (exact) mass is 288 g/mol. The van der Waals surface area contributed by atoms with Crippen LogP contribution in [-0.4, -0.2) is 12.6 Å². The summed E-state index contributed by atoms with van der Waals surface area (Å²) in [6, 6.07) is 9.90. The smallest absolute Gasteiger partial charge is 0.146 e. The molecule has 1 heterocycles. The second kappa shape index (κ2) is 6.31.